The zero-order valence-corrected chi connectivity index (χ0v) is 13.9. The number of carbonyl (C=O) groups excluding carboxylic acids is 1. The highest BCUT2D eigenvalue weighted by Gasteiger charge is 2.34. The topological polar surface area (TPSA) is 76.8 Å². The van der Waals surface area contributed by atoms with Gasteiger partial charge in [0.1, 0.15) is 5.69 Å². The summed E-state index contributed by atoms with van der Waals surface area (Å²) < 4.78 is 1.91. The van der Waals surface area contributed by atoms with Gasteiger partial charge in [-0.1, -0.05) is 0 Å². The molecular weight excluding hydrogens is 316 g/mol. The summed E-state index contributed by atoms with van der Waals surface area (Å²) in [5.41, 5.74) is 2.12. The highest BCUT2D eigenvalue weighted by Crippen LogP contribution is 2.35. The molecule has 0 unspecified atom stereocenters. The number of aryl methyl sites for hydroxylation is 1. The van der Waals surface area contributed by atoms with Crippen LogP contribution in [-0.4, -0.2) is 41.9 Å². The Labute approximate surface area is 145 Å². The standard InChI is InChI=1S/C18H18N6O/c1-23-11-9-22-17(23)16-15(20-7-8-21-16)14-5-3-10-24(14)18(25)13-4-2-6-19-12-13/h2,4,6-9,11-12,14H,3,5,10H2,1H3/t14-/m0/s1. The van der Waals surface area contributed by atoms with Gasteiger partial charge in [-0.3, -0.25) is 14.8 Å². The first-order chi connectivity index (χ1) is 12.3. The molecule has 1 aliphatic rings. The molecule has 0 spiro atoms. The van der Waals surface area contributed by atoms with Gasteiger partial charge in [-0.05, 0) is 25.0 Å². The van der Waals surface area contributed by atoms with Gasteiger partial charge in [-0.15, -0.1) is 0 Å². The van der Waals surface area contributed by atoms with E-state index < -0.39 is 0 Å². The lowest BCUT2D eigenvalue weighted by Crippen LogP contribution is -2.31. The van der Waals surface area contributed by atoms with Crippen LogP contribution in [0.5, 0.6) is 0 Å². The smallest absolute Gasteiger partial charge is 0.255 e. The molecule has 3 aromatic heterocycles. The lowest BCUT2D eigenvalue weighted by molar-refractivity contribution is 0.0732. The lowest BCUT2D eigenvalue weighted by Gasteiger charge is -2.25. The minimum Gasteiger partial charge on any atom is -0.333 e. The Morgan fingerprint density at radius 1 is 1.16 bits per heavy atom. The second kappa shape index (κ2) is 6.43. The van der Waals surface area contributed by atoms with Crippen LogP contribution in [0.25, 0.3) is 11.5 Å². The Morgan fingerprint density at radius 2 is 2.04 bits per heavy atom. The van der Waals surface area contributed by atoms with Crippen molar-refractivity contribution in [1.29, 1.82) is 0 Å². The fourth-order valence-electron chi connectivity index (χ4n) is 3.31. The van der Waals surface area contributed by atoms with Crippen LogP contribution in [0.1, 0.15) is 34.9 Å². The quantitative estimate of drug-likeness (QED) is 0.734. The number of rotatable bonds is 3. The predicted octanol–water partition coefficient (Wildman–Crippen LogP) is 2.25. The highest BCUT2D eigenvalue weighted by molar-refractivity contribution is 5.94. The minimum absolute atomic E-state index is 0.0213. The summed E-state index contributed by atoms with van der Waals surface area (Å²) in [4.78, 5) is 32.3. The molecule has 1 saturated heterocycles. The number of hydrogen-bond donors (Lipinski definition) is 0. The van der Waals surface area contributed by atoms with Crippen molar-refractivity contribution in [3.63, 3.8) is 0 Å². The van der Waals surface area contributed by atoms with Crippen LogP contribution >= 0.6 is 0 Å². The van der Waals surface area contributed by atoms with Crippen molar-refractivity contribution in [3.05, 3.63) is 60.6 Å². The largest absolute Gasteiger partial charge is 0.333 e. The molecule has 7 nitrogen and oxygen atoms in total. The van der Waals surface area contributed by atoms with Gasteiger partial charge in [0.2, 0.25) is 0 Å². The summed E-state index contributed by atoms with van der Waals surface area (Å²) in [5, 5.41) is 0. The van der Waals surface area contributed by atoms with Crippen molar-refractivity contribution in [2.24, 2.45) is 7.05 Å². The van der Waals surface area contributed by atoms with Crippen molar-refractivity contribution >= 4 is 5.91 Å². The van der Waals surface area contributed by atoms with Crippen LogP contribution in [0.2, 0.25) is 0 Å². The van der Waals surface area contributed by atoms with Gasteiger partial charge in [0, 0.05) is 50.8 Å². The highest BCUT2D eigenvalue weighted by atomic mass is 16.2. The summed E-state index contributed by atoms with van der Waals surface area (Å²) in [6, 6.07) is 3.47. The molecular formula is C18H18N6O. The molecule has 7 heteroatoms. The number of pyridine rings is 1. The summed E-state index contributed by atoms with van der Waals surface area (Å²) in [7, 11) is 1.92. The molecule has 4 heterocycles. The third-order valence-electron chi connectivity index (χ3n) is 4.50. The Balaban J connectivity index is 1.72. The fourth-order valence-corrected chi connectivity index (χ4v) is 3.31. The molecule has 1 fully saturated rings. The molecule has 0 saturated carbocycles. The molecule has 4 rings (SSSR count). The minimum atomic E-state index is -0.104. The van der Waals surface area contributed by atoms with Crippen LogP contribution in [0.3, 0.4) is 0 Å². The van der Waals surface area contributed by atoms with Gasteiger partial charge in [0.15, 0.2) is 5.82 Å². The zero-order chi connectivity index (χ0) is 17.2. The Morgan fingerprint density at radius 3 is 2.80 bits per heavy atom. The normalized spacial score (nSPS) is 17.0. The number of amides is 1. The molecule has 1 amide bonds. The van der Waals surface area contributed by atoms with E-state index in [1.165, 1.54) is 0 Å². The molecule has 0 aromatic carbocycles. The monoisotopic (exact) mass is 334 g/mol. The van der Waals surface area contributed by atoms with E-state index in [-0.39, 0.29) is 11.9 Å². The second-order valence-corrected chi connectivity index (χ2v) is 6.05. The van der Waals surface area contributed by atoms with Crippen LogP contribution < -0.4 is 0 Å². The number of nitrogens with zero attached hydrogens (tertiary/aromatic N) is 6. The zero-order valence-electron chi connectivity index (χ0n) is 13.9. The van der Waals surface area contributed by atoms with Gasteiger partial charge >= 0.3 is 0 Å². The summed E-state index contributed by atoms with van der Waals surface area (Å²) in [6.45, 7) is 0.703. The number of imidazole rings is 1. The average Bonchev–Trinajstić information content (AvgIpc) is 3.31. The SMILES string of the molecule is Cn1ccnc1-c1nccnc1[C@@H]1CCCN1C(=O)c1cccnc1. The van der Waals surface area contributed by atoms with Gasteiger partial charge in [-0.25, -0.2) is 9.97 Å². The van der Waals surface area contributed by atoms with Crippen molar-refractivity contribution in [3.8, 4) is 11.5 Å². The van der Waals surface area contributed by atoms with Crippen LogP contribution in [0, 0.1) is 0 Å². The van der Waals surface area contributed by atoms with E-state index in [0.717, 1.165) is 30.1 Å². The van der Waals surface area contributed by atoms with Crippen molar-refractivity contribution in [2.75, 3.05) is 6.54 Å². The maximum Gasteiger partial charge on any atom is 0.255 e. The van der Waals surface area contributed by atoms with Crippen molar-refractivity contribution < 1.29 is 4.79 Å². The summed E-state index contributed by atoms with van der Waals surface area (Å²) in [5.74, 6) is 0.732. The number of carbonyl (C=O) groups is 1. The third-order valence-corrected chi connectivity index (χ3v) is 4.50. The Bertz CT molecular complexity index is 891. The van der Waals surface area contributed by atoms with Gasteiger partial charge in [-0.2, -0.15) is 0 Å². The molecule has 126 valence electrons. The number of likely N-dealkylation sites (tertiary alicyclic amines) is 1. The first-order valence-corrected chi connectivity index (χ1v) is 8.25. The maximum atomic E-state index is 12.9. The Kier molecular flexibility index (Phi) is 3.97. The molecule has 1 atom stereocenters. The molecule has 0 radical (unpaired) electrons. The van der Waals surface area contributed by atoms with E-state index in [9.17, 15) is 4.79 Å². The van der Waals surface area contributed by atoms with Crippen LogP contribution in [0.4, 0.5) is 0 Å². The molecule has 0 N–H and O–H groups in total. The van der Waals surface area contributed by atoms with Crippen LogP contribution in [-0.2, 0) is 7.05 Å². The predicted molar refractivity (Wildman–Crippen MR) is 91.5 cm³/mol. The van der Waals surface area contributed by atoms with E-state index in [0.29, 0.717) is 12.1 Å². The van der Waals surface area contributed by atoms with Crippen molar-refractivity contribution in [2.45, 2.75) is 18.9 Å². The number of aromatic nitrogens is 5. The first-order valence-electron chi connectivity index (χ1n) is 8.25. The molecule has 3 aromatic rings. The molecule has 25 heavy (non-hydrogen) atoms. The lowest BCUT2D eigenvalue weighted by atomic mass is 10.1. The van der Waals surface area contributed by atoms with E-state index >= 15 is 0 Å². The van der Waals surface area contributed by atoms with Gasteiger partial charge in [0.25, 0.3) is 5.91 Å². The van der Waals surface area contributed by atoms with Gasteiger partial charge < -0.3 is 9.47 Å². The van der Waals surface area contributed by atoms with E-state index in [4.69, 9.17) is 0 Å². The second-order valence-electron chi connectivity index (χ2n) is 6.05. The van der Waals surface area contributed by atoms with E-state index in [2.05, 4.69) is 19.9 Å². The van der Waals surface area contributed by atoms with Crippen LogP contribution in [0.15, 0.2) is 49.3 Å². The summed E-state index contributed by atoms with van der Waals surface area (Å²) >= 11 is 0. The van der Waals surface area contributed by atoms with E-state index in [1.807, 2.05) is 22.7 Å². The summed E-state index contributed by atoms with van der Waals surface area (Å²) in [6.07, 6.45) is 12.0. The first kappa shape index (κ1) is 15.4. The fraction of sp³-hybridized carbons (Fsp3) is 0.278. The van der Waals surface area contributed by atoms with E-state index in [1.54, 1.807) is 43.1 Å². The molecule has 0 bridgehead atoms. The molecule has 0 aliphatic carbocycles. The van der Waals surface area contributed by atoms with Gasteiger partial charge in [0.05, 0.1) is 17.3 Å². The number of hydrogen-bond acceptors (Lipinski definition) is 5. The molecule has 1 aliphatic heterocycles. The maximum absolute atomic E-state index is 12.9. The Hall–Kier alpha value is -3.09. The average molecular weight is 334 g/mol. The van der Waals surface area contributed by atoms with Crippen molar-refractivity contribution in [1.82, 2.24) is 29.4 Å². The third kappa shape index (κ3) is 2.77.